The zero-order chi connectivity index (χ0) is 38.5. The number of benzene rings is 2. The average Bonchev–Trinajstić information content (AvgIpc) is 3.27. The number of anilines is 2. The highest BCUT2D eigenvalue weighted by atomic mass is 32.2. The smallest absolute Gasteiger partial charge is 0.412 e. The standard InChI is InChI=1S/C36H39F3N6O7S/c1-16-29-22-12-10-19(45(22)34(47)52-36(5,6)7)15-44(29)30-24-28(42-32(43-30)53(8,48)49)26(39)27(41-31(24)50-16)20-14-18(40-33(46)51-35(2,3)4)13-17-9-11-21(37)25(38)23(17)20/h9,11,13-14,16,19,22,29H,10,12,15H2,1-8H3,(H,40,46)/t16-,19+,22-,29+/m0/s1. The van der Waals surface area contributed by atoms with E-state index in [2.05, 4.69) is 20.3 Å². The molecule has 3 aliphatic heterocycles. The van der Waals surface area contributed by atoms with Crippen LogP contribution in [0.15, 0.2) is 29.4 Å². The quantitative estimate of drug-likeness (QED) is 0.221. The third kappa shape index (κ3) is 6.52. The summed E-state index contributed by atoms with van der Waals surface area (Å²) in [6.45, 7) is 12.2. The van der Waals surface area contributed by atoms with E-state index >= 15 is 8.78 Å². The molecule has 53 heavy (non-hydrogen) atoms. The van der Waals surface area contributed by atoms with E-state index in [0.29, 0.717) is 12.8 Å². The summed E-state index contributed by atoms with van der Waals surface area (Å²) in [4.78, 5) is 42.9. The van der Waals surface area contributed by atoms with E-state index in [-0.39, 0.29) is 51.7 Å². The Morgan fingerprint density at radius 3 is 2.30 bits per heavy atom. The van der Waals surface area contributed by atoms with Gasteiger partial charge in [-0.2, -0.15) is 0 Å². The van der Waals surface area contributed by atoms with Crippen LogP contribution in [-0.2, 0) is 19.3 Å². The zero-order valence-corrected chi connectivity index (χ0v) is 31.2. The van der Waals surface area contributed by atoms with Crippen molar-refractivity contribution in [2.75, 3.05) is 23.0 Å². The third-order valence-electron chi connectivity index (χ3n) is 9.31. The van der Waals surface area contributed by atoms with Gasteiger partial charge in [0.2, 0.25) is 20.9 Å². The van der Waals surface area contributed by atoms with E-state index in [9.17, 15) is 22.4 Å². The first kappa shape index (κ1) is 36.4. The Morgan fingerprint density at radius 2 is 1.64 bits per heavy atom. The fourth-order valence-corrected chi connectivity index (χ4v) is 7.95. The van der Waals surface area contributed by atoms with E-state index in [1.807, 2.05) is 4.90 Å². The lowest BCUT2D eigenvalue weighted by molar-refractivity contribution is 0.000927. The van der Waals surface area contributed by atoms with Crippen molar-refractivity contribution in [2.24, 2.45) is 0 Å². The maximum atomic E-state index is 17.1. The second-order valence-electron chi connectivity index (χ2n) is 15.7. The summed E-state index contributed by atoms with van der Waals surface area (Å²) in [5.41, 5.74) is -2.90. The van der Waals surface area contributed by atoms with Crippen LogP contribution in [-0.4, -0.2) is 88.7 Å². The van der Waals surface area contributed by atoms with Gasteiger partial charge in [-0.3, -0.25) is 10.2 Å². The van der Waals surface area contributed by atoms with E-state index in [0.717, 1.165) is 12.3 Å². The van der Waals surface area contributed by atoms with Crippen LogP contribution < -0.4 is 15.0 Å². The minimum Gasteiger partial charge on any atom is -0.472 e. The van der Waals surface area contributed by atoms with Crippen molar-refractivity contribution in [1.29, 1.82) is 0 Å². The molecule has 1 N–H and O–H groups in total. The molecular formula is C36H39F3N6O7S. The summed E-state index contributed by atoms with van der Waals surface area (Å²) in [5.74, 6) is -3.84. The van der Waals surface area contributed by atoms with Crippen molar-refractivity contribution in [3.8, 4) is 17.1 Å². The molecule has 2 aromatic carbocycles. The van der Waals surface area contributed by atoms with Crippen molar-refractivity contribution < 1.29 is 45.4 Å². The Hall–Kier alpha value is -4.93. The number of amides is 2. The molecule has 7 rings (SSSR count). The number of fused-ring (bicyclic) bond motifs is 6. The van der Waals surface area contributed by atoms with Crippen LogP contribution in [0.2, 0.25) is 0 Å². The maximum Gasteiger partial charge on any atom is 0.412 e. The second kappa shape index (κ2) is 12.3. The van der Waals surface area contributed by atoms with Gasteiger partial charge in [0.05, 0.1) is 18.1 Å². The second-order valence-corrected chi connectivity index (χ2v) is 17.6. The Balaban J connectivity index is 1.45. The van der Waals surface area contributed by atoms with Gasteiger partial charge in [-0.15, -0.1) is 0 Å². The number of rotatable bonds is 3. The van der Waals surface area contributed by atoms with Gasteiger partial charge in [0, 0.05) is 29.4 Å². The first-order chi connectivity index (χ1) is 24.6. The monoisotopic (exact) mass is 756 g/mol. The molecule has 2 fully saturated rings. The molecule has 0 radical (unpaired) electrons. The number of aromatic nitrogens is 3. The maximum absolute atomic E-state index is 17.1. The van der Waals surface area contributed by atoms with Crippen molar-refractivity contribution in [2.45, 2.75) is 102 Å². The van der Waals surface area contributed by atoms with Crippen LogP contribution >= 0.6 is 0 Å². The molecule has 4 aromatic rings. The van der Waals surface area contributed by atoms with Gasteiger partial charge in [0.15, 0.2) is 17.5 Å². The Bertz CT molecular complexity index is 2330. The summed E-state index contributed by atoms with van der Waals surface area (Å²) >= 11 is 0. The average molecular weight is 757 g/mol. The molecule has 2 saturated heterocycles. The molecule has 17 heteroatoms. The number of halogens is 3. The minimum absolute atomic E-state index is 0.0305. The Kier molecular flexibility index (Phi) is 8.46. The summed E-state index contributed by atoms with van der Waals surface area (Å²) in [7, 11) is -4.14. The molecule has 0 spiro atoms. The number of nitrogens with zero attached hydrogens (tertiary/aromatic N) is 5. The van der Waals surface area contributed by atoms with Gasteiger partial charge < -0.3 is 19.1 Å². The molecule has 2 aromatic heterocycles. The Labute approximate surface area is 303 Å². The van der Waals surface area contributed by atoms with Gasteiger partial charge >= 0.3 is 12.2 Å². The molecule has 3 aliphatic rings. The predicted octanol–water partition coefficient (Wildman–Crippen LogP) is 6.75. The summed E-state index contributed by atoms with van der Waals surface area (Å²) in [6.07, 6.45) is -0.0309. The molecular weight excluding hydrogens is 717 g/mol. The summed E-state index contributed by atoms with van der Waals surface area (Å²) in [5, 5.41) is 1.56. The molecule has 13 nitrogen and oxygen atoms in total. The predicted molar refractivity (Wildman–Crippen MR) is 189 cm³/mol. The van der Waals surface area contributed by atoms with Gasteiger partial charge in [0.25, 0.3) is 0 Å². The fourth-order valence-electron chi connectivity index (χ4n) is 7.44. The van der Waals surface area contributed by atoms with Crippen molar-refractivity contribution in [1.82, 2.24) is 19.9 Å². The number of ether oxygens (including phenoxy) is 3. The first-order valence-electron chi connectivity index (χ1n) is 17.1. The van der Waals surface area contributed by atoms with E-state index in [4.69, 9.17) is 14.2 Å². The third-order valence-corrected chi connectivity index (χ3v) is 10.2. The zero-order valence-electron chi connectivity index (χ0n) is 30.4. The van der Waals surface area contributed by atoms with Gasteiger partial charge in [0.1, 0.15) is 39.7 Å². The number of nitrogens with one attached hydrogen (secondary N) is 1. The normalized spacial score (nSPS) is 21.3. The highest BCUT2D eigenvalue weighted by Crippen LogP contribution is 2.47. The van der Waals surface area contributed by atoms with Crippen molar-refractivity contribution in [3.05, 3.63) is 41.7 Å². The van der Waals surface area contributed by atoms with Gasteiger partial charge in [-0.05, 0) is 84.9 Å². The highest BCUT2D eigenvalue weighted by molar-refractivity contribution is 7.90. The topological polar surface area (TPSA) is 153 Å². The fraction of sp³-hybridized carbons (Fsp3) is 0.472. The van der Waals surface area contributed by atoms with Gasteiger partial charge in [-0.1, -0.05) is 6.07 Å². The lowest BCUT2D eigenvalue weighted by atomic mass is 9.98. The first-order valence-corrected chi connectivity index (χ1v) is 19.0. The lowest BCUT2D eigenvalue weighted by Crippen LogP contribution is -2.65. The van der Waals surface area contributed by atoms with E-state index in [1.54, 1.807) is 53.4 Å². The molecule has 282 valence electrons. The number of pyridine rings is 1. The van der Waals surface area contributed by atoms with Crippen LogP contribution in [0, 0.1) is 17.5 Å². The van der Waals surface area contributed by atoms with E-state index in [1.165, 1.54) is 18.2 Å². The van der Waals surface area contributed by atoms with Crippen LogP contribution in [0.25, 0.3) is 32.9 Å². The number of sulfone groups is 1. The molecule has 5 heterocycles. The summed E-state index contributed by atoms with van der Waals surface area (Å²) < 4.78 is 91.2. The molecule has 0 aliphatic carbocycles. The number of carbonyl (C=O) groups is 2. The lowest BCUT2D eigenvalue weighted by Gasteiger charge is -2.48. The molecule has 2 amide bonds. The minimum atomic E-state index is -4.14. The molecule has 4 atom stereocenters. The molecule has 0 saturated carbocycles. The van der Waals surface area contributed by atoms with Crippen LogP contribution in [0.5, 0.6) is 5.88 Å². The summed E-state index contributed by atoms with van der Waals surface area (Å²) in [6, 6.07) is 3.32. The van der Waals surface area contributed by atoms with Crippen molar-refractivity contribution in [3.63, 3.8) is 0 Å². The van der Waals surface area contributed by atoms with E-state index < -0.39 is 85.2 Å². The molecule has 0 unspecified atom stereocenters. The number of hydrogen-bond acceptors (Lipinski definition) is 11. The highest BCUT2D eigenvalue weighted by Gasteiger charge is 2.54. The Morgan fingerprint density at radius 1 is 0.943 bits per heavy atom. The van der Waals surface area contributed by atoms with Gasteiger partial charge in [-0.25, -0.2) is 46.1 Å². The number of hydrogen-bond donors (Lipinski definition) is 1. The largest absolute Gasteiger partial charge is 0.472 e. The van der Waals surface area contributed by atoms with Crippen LogP contribution in [0.3, 0.4) is 0 Å². The van der Waals surface area contributed by atoms with Crippen molar-refractivity contribution >= 4 is 55.2 Å². The van der Waals surface area contributed by atoms with Crippen LogP contribution in [0.4, 0.5) is 34.3 Å². The number of carbonyl (C=O) groups excluding carboxylic acids is 2. The molecule has 2 bridgehead atoms. The number of piperazine rings is 1. The SMILES string of the molecule is C[C@@H]1Oc2nc(-c3cc(NC(=O)OC(C)(C)C)cc4ccc(F)c(F)c34)c(F)c3nc(S(C)(=O)=O)nc(c23)N2C[C@H]3CC[C@@H]([C@@H]12)N3C(=O)OC(C)(C)C. The van der Waals surface area contributed by atoms with Crippen LogP contribution in [0.1, 0.15) is 61.3 Å².